The second kappa shape index (κ2) is 10.2. The zero-order valence-electron chi connectivity index (χ0n) is 19.9. The predicted octanol–water partition coefficient (Wildman–Crippen LogP) is 4.01. The quantitative estimate of drug-likeness (QED) is 0.595. The fourth-order valence-electron chi connectivity index (χ4n) is 4.67. The molecule has 1 amide bonds. The van der Waals surface area contributed by atoms with Gasteiger partial charge in [-0.1, -0.05) is 23.7 Å². The molecule has 36 heavy (non-hydrogen) atoms. The van der Waals surface area contributed by atoms with E-state index in [0.29, 0.717) is 23.4 Å². The van der Waals surface area contributed by atoms with Gasteiger partial charge < -0.3 is 10.2 Å². The van der Waals surface area contributed by atoms with Gasteiger partial charge in [0.1, 0.15) is 0 Å². The number of piperidine rings is 1. The van der Waals surface area contributed by atoms with Crippen molar-refractivity contribution in [2.45, 2.75) is 36.0 Å². The van der Waals surface area contributed by atoms with Gasteiger partial charge in [0, 0.05) is 52.0 Å². The number of likely N-dealkylation sites (tertiary alicyclic amines) is 1. The Balaban J connectivity index is 1.31. The number of carbonyl (C=O) groups is 1. The van der Waals surface area contributed by atoms with Crippen molar-refractivity contribution < 1.29 is 26.4 Å². The molecule has 2 aromatic rings. The third-order valence-corrected chi connectivity index (χ3v) is 8.91. The Morgan fingerprint density at radius 3 is 2.31 bits per heavy atom. The average Bonchev–Trinajstić information content (AvgIpc) is 2.80. The number of hydrogen-bond donors (Lipinski definition) is 1. The molecule has 2 aliphatic heterocycles. The summed E-state index contributed by atoms with van der Waals surface area (Å²) in [5.74, 6) is -0.170. The monoisotopic (exact) mass is 544 g/mol. The molecular formula is C24H28ClF3N4O3S. The number of amides is 1. The summed E-state index contributed by atoms with van der Waals surface area (Å²) >= 11 is 6.28. The van der Waals surface area contributed by atoms with Crippen molar-refractivity contribution in [3.05, 3.63) is 58.6 Å². The highest BCUT2D eigenvalue weighted by molar-refractivity contribution is 7.89. The number of carbonyl (C=O) groups excluding carboxylic acids is 1. The number of sulfonamides is 1. The molecule has 0 aromatic heterocycles. The highest BCUT2D eigenvalue weighted by Gasteiger charge is 2.41. The van der Waals surface area contributed by atoms with Crippen LogP contribution in [0.5, 0.6) is 0 Å². The first-order valence-corrected chi connectivity index (χ1v) is 13.4. The van der Waals surface area contributed by atoms with Crippen LogP contribution in [0.1, 0.15) is 28.8 Å². The number of nitrogens with zero attached hydrogens (tertiary/aromatic N) is 3. The number of benzene rings is 2. The summed E-state index contributed by atoms with van der Waals surface area (Å²) in [6, 6.07) is 9.89. The highest BCUT2D eigenvalue weighted by atomic mass is 35.5. The second-order valence-electron chi connectivity index (χ2n) is 9.32. The van der Waals surface area contributed by atoms with E-state index in [9.17, 15) is 26.4 Å². The molecule has 7 nitrogen and oxygen atoms in total. The van der Waals surface area contributed by atoms with Crippen molar-refractivity contribution >= 4 is 33.2 Å². The van der Waals surface area contributed by atoms with E-state index < -0.39 is 26.7 Å². The van der Waals surface area contributed by atoms with Crippen LogP contribution in [-0.4, -0.2) is 80.8 Å². The molecule has 2 saturated heterocycles. The standard InChI is InChI=1S/C24H28ClF3N4O3S/c1-30(2)23(33)19-8-7-16(13-21(19)25)29-17-14-31(15-17)18-9-11-32(12-10-18)36(34,35)22-6-4-3-5-20(22)24(26,27)28/h3-8,13,17-18,29H,9-12,14-15H2,1-2H3. The van der Waals surface area contributed by atoms with Crippen molar-refractivity contribution in [3.63, 3.8) is 0 Å². The fourth-order valence-corrected chi connectivity index (χ4v) is 6.61. The lowest BCUT2D eigenvalue weighted by Gasteiger charge is -2.47. The molecule has 196 valence electrons. The topological polar surface area (TPSA) is 73.0 Å². The number of rotatable bonds is 6. The van der Waals surface area contributed by atoms with Crippen LogP contribution in [0.2, 0.25) is 5.02 Å². The number of anilines is 1. The molecule has 2 heterocycles. The van der Waals surface area contributed by atoms with Gasteiger partial charge in [0.25, 0.3) is 5.91 Å². The van der Waals surface area contributed by atoms with Gasteiger partial charge in [0.2, 0.25) is 10.0 Å². The first-order chi connectivity index (χ1) is 16.9. The fraction of sp³-hybridized carbons (Fsp3) is 0.458. The van der Waals surface area contributed by atoms with Gasteiger partial charge in [0.05, 0.1) is 27.1 Å². The van der Waals surface area contributed by atoms with Crippen molar-refractivity contribution in [2.24, 2.45) is 0 Å². The van der Waals surface area contributed by atoms with E-state index in [-0.39, 0.29) is 31.1 Å². The summed E-state index contributed by atoms with van der Waals surface area (Å²) in [6.45, 7) is 1.85. The minimum absolute atomic E-state index is 0.163. The number of hydrogen-bond acceptors (Lipinski definition) is 5. The molecule has 0 unspecified atom stereocenters. The summed E-state index contributed by atoms with van der Waals surface area (Å²) in [4.78, 5) is 15.1. The molecule has 0 spiro atoms. The van der Waals surface area contributed by atoms with E-state index in [0.717, 1.165) is 35.2 Å². The molecule has 0 bridgehead atoms. The summed E-state index contributed by atoms with van der Waals surface area (Å²) in [7, 11) is -0.918. The lowest BCUT2D eigenvalue weighted by atomic mass is 9.98. The Morgan fingerprint density at radius 1 is 1.08 bits per heavy atom. The summed E-state index contributed by atoms with van der Waals surface area (Å²) in [6.07, 6.45) is -3.64. The minimum Gasteiger partial charge on any atom is -0.380 e. The first kappa shape index (κ1) is 26.7. The maximum absolute atomic E-state index is 13.3. The molecule has 2 fully saturated rings. The molecule has 0 saturated carbocycles. The smallest absolute Gasteiger partial charge is 0.380 e. The van der Waals surface area contributed by atoms with Gasteiger partial charge in [-0.05, 0) is 43.2 Å². The molecule has 0 aliphatic carbocycles. The Kier molecular flexibility index (Phi) is 7.57. The normalized spacial score (nSPS) is 18.6. The molecule has 4 rings (SSSR count). The molecule has 2 aromatic carbocycles. The van der Waals surface area contributed by atoms with Crippen LogP contribution < -0.4 is 5.32 Å². The lowest BCUT2D eigenvalue weighted by Crippen LogP contribution is -2.60. The zero-order chi connectivity index (χ0) is 26.3. The molecule has 12 heteroatoms. The Hall–Kier alpha value is -2.34. The molecule has 1 N–H and O–H groups in total. The molecule has 0 radical (unpaired) electrons. The first-order valence-electron chi connectivity index (χ1n) is 11.6. The van der Waals surface area contributed by atoms with Gasteiger partial charge in [0.15, 0.2) is 0 Å². The predicted molar refractivity (Wildman–Crippen MR) is 132 cm³/mol. The van der Waals surface area contributed by atoms with E-state index in [1.54, 1.807) is 26.2 Å². The van der Waals surface area contributed by atoms with Crippen molar-refractivity contribution in [1.29, 1.82) is 0 Å². The highest BCUT2D eigenvalue weighted by Crippen LogP contribution is 2.36. The lowest BCUT2D eigenvalue weighted by molar-refractivity contribution is -0.139. The van der Waals surface area contributed by atoms with E-state index in [4.69, 9.17) is 11.6 Å². The van der Waals surface area contributed by atoms with Crippen LogP contribution in [0, 0.1) is 0 Å². The zero-order valence-corrected chi connectivity index (χ0v) is 21.5. The van der Waals surface area contributed by atoms with E-state index in [1.165, 1.54) is 17.0 Å². The van der Waals surface area contributed by atoms with E-state index in [1.807, 2.05) is 6.07 Å². The van der Waals surface area contributed by atoms with Gasteiger partial charge >= 0.3 is 6.18 Å². The van der Waals surface area contributed by atoms with Crippen molar-refractivity contribution in [3.8, 4) is 0 Å². The molecule has 0 atom stereocenters. The van der Waals surface area contributed by atoms with Crippen LogP contribution in [0.4, 0.5) is 18.9 Å². The van der Waals surface area contributed by atoms with Crippen LogP contribution in [0.25, 0.3) is 0 Å². The average molecular weight is 545 g/mol. The van der Waals surface area contributed by atoms with Gasteiger partial charge in [-0.3, -0.25) is 9.69 Å². The van der Waals surface area contributed by atoms with Crippen LogP contribution >= 0.6 is 11.6 Å². The van der Waals surface area contributed by atoms with Crippen LogP contribution in [0.15, 0.2) is 47.4 Å². The Labute approximate surface area is 213 Å². The summed E-state index contributed by atoms with van der Waals surface area (Å²) < 4.78 is 67.1. The maximum Gasteiger partial charge on any atom is 0.417 e. The minimum atomic E-state index is -4.74. The van der Waals surface area contributed by atoms with Gasteiger partial charge in [-0.25, -0.2) is 8.42 Å². The molecular weight excluding hydrogens is 517 g/mol. The van der Waals surface area contributed by atoms with Crippen LogP contribution in [0.3, 0.4) is 0 Å². The van der Waals surface area contributed by atoms with Gasteiger partial charge in [-0.15, -0.1) is 0 Å². The number of alkyl halides is 3. The van der Waals surface area contributed by atoms with E-state index in [2.05, 4.69) is 10.2 Å². The number of nitrogens with one attached hydrogen (secondary N) is 1. The Bertz CT molecular complexity index is 1230. The Morgan fingerprint density at radius 2 is 1.72 bits per heavy atom. The largest absolute Gasteiger partial charge is 0.417 e. The third kappa shape index (κ3) is 5.49. The number of halogens is 4. The van der Waals surface area contributed by atoms with Crippen molar-refractivity contribution in [2.75, 3.05) is 45.6 Å². The summed E-state index contributed by atoms with van der Waals surface area (Å²) in [5, 5.41) is 3.77. The maximum atomic E-state index is 13.3. The molecule has 2 aliphatic rings. The van der Waals surface area contributed by atoms with Crippen molar-refractivity contribution in [1.82, 2.24) is 14.1 Å². The van der Waals surface area contributed by atoms with Gasteiger partial charge in [-0.2, -0.15) is 17.5 Å². The summed E-state index contributed by atoms with van der Waals surface area (Å²) in [5.41, 5.74) is 0.106. The third-order valence-electron chi connectivity index (χ3n) is 6.64. The van der Waals surface area contributed by atoms with Crippen LogP contribution in [-0.2, 0) is 16.2 Å². The van der Waals surface area contributed by atoms with E-state index >= 15 is 0 Å². The second-order valence-corrected chi connectivity index (χ2v) is 11.6. The SMILES string of the molecule is CN(C)C(=O)c1ccc(NC2CN(C3CCN(S(=O)(=O)c4ccccc4C(F)(F)F)CC3)C2)cc1Cl.